The van der Waals surface area contributed by atoms with Gasteiger partial charge in [0.25, 0.3) is 11.8 Å². The summed E-state index contributed by atoms with van der Waals surface area (Å²) < 4.78 is 0. The number of carbonyl (C=O) groups is 2. The van der Waals surface area contributed by atoms with E-state index in [1.165, 1.54) is 12.4 Å². The number of aromatic nitrogens is 3. The van der Waals surface area contributed by atoms with Crippen molar-refractivity contribution in [3.63, 3.8) is 0 Å². The van der Waals surface area contributed by atoms with Crippen LogP contribution in [-0.4, -0.2) is 44.8 Å². The fraction of sp³-hybridized carbons (Fsp3) is 0.227. The van der Waals surface area contributed by atoms with Gasteiger partial charge in [0, 0.05) is 54.7 Å². The lowest BCUT2D eigenvalue weighted by atomic mass is 10.1. The Morgan fingerprint density at radius 3 is 2.31 bits per heavy atom. The largest absolute Gasteiger partial charge is 0.339 e. The summed E-state index contributed by atoms with van der Waals surface area (Å²) in [6.07, 6.45) is 8.44. The van der Waals surface area contributed by atoms with Gasteiger partial charge in [-0.15, -0.1) is 0 Å². The molecule has 1 N–H and O–H groups in total. The van der Waals surface area contributed by atoms with Crippen molar-refractivity contribution in [1.29, 1.82) is 0 Å². The lowest BCUT2D eigenvalue weighted by molar-refractivity contribution is 0.0792. The van der Waals surface area contributed by atoms with E-state index >= 15 is 0 Å². The number of rotatable bonds is 4. The maximum atomic E-state index is 12.6. The second-order valence-corrected chi connectivity index (χ2v) is 7.01. The van der Waals surface area contributed by atoms with Crippen molar-refractivity contribution in [2.45, 2.75) is 19.8 Å². The molecule has 1 fully saturated rings. The third-order valence-corrected chi connectivity index (χ3v) is 4.97. The molecule has 1 aliphatic rings. The Morgan fingerprint density at radius 2 is 1.66 bits per heavy atom. The predicted octanol–water partition coefficient (Wildman–Crippen LogP) is 3.34. The maximum Gasteiger partial charge on any atom is 0.258 e. The summed E-state index contributed by atoms with van der Waals surface area (Å²) in [6.45, 7) is 3.50. The molecule has 1 aliphatic heterocycles. The minimum absolute atomic E-state index is 0.0450. The molecule has 3 heterocycles. The summed E-state index contributed by atoms with van der Waals surface area (Å²) in [7, 11) is 0. The van der Waals surface area contributed by atoms with Crippen molar-refractivity contribution in [1.82, 2.24) is 19.9 Å². The van der Waals surface area contributed by atoms with E-state index in [4.69, 9.17) is 0 Å². The second kappa shape index (κ2) is 8.18. The minimum atomic E-state index is -0.298. The van der Waals surface area contributed by atoms with Crippen molar-refractivity contribution >= 4 is 17.5 Å². The average molecular weight is 387 g/mol. The summed E-state index contributed by atoms with van der Waals surface area (Å²) in [6, 6.07) is 8.96. The Balaban J connectivity index is 1.46. The molecule has 7 heteroatoms. The highest BCUT2D eigenvalue weighted by Gasteiger charge is 2.20. The van der Waals surface area contributed by atoms with E-state index in [-0.39, 0.29) is 11.8 Å². The molecular formula is C22H21N5O2. The number of nitrogens with one attached hydrogen (secondary N) is 1. The van der Waals surface area contributed by atoms with Gasteiger partial charge >= 0.3 is 0 Å². The lowest BCUT2D eigenvalue weighted by Gasteiger charge is -2.16. The molecule has 29 heavy (non-hydrogen) atoms. The van der Waals surface area contributed by atoms with Gasteiger partial charge in [0.2, 0.25) is 0 Å². The average Bonchev–Trinajstić information content (AvgIpc) is 3.30. The van der Waals surface area contributed by atoms with Gasteiger partial charge < -0.3 is 10.2 Å². The van der Waals surface area contributed by atoms with Crippen LogP contribution < -0.4 is 5.32 Å². The highest BCUT2D eigenvalue weighted by Crippen LogP contribution is 2.20. The summed E-state index contributed by atoms with van der Waals surface area (Å²) in [5.74, 6) is 0.279. The molecule has 0 atom stereocenters. The van der Waals surface area contributed by atoms with Gasteiger partial charge in [-0.05, 0) is 55.7 Å². The van der Waals surface area contributed by atoms with Crippen LogP contribution in [0.3, 0.4) is 0 Å². The van der Waals surface area contributed by atoms with E-state index in [0.717, 1.165) is 37.1 Å². The number of amides is 2. The van der Waals surface area contributed by atoms with Gasteiger partial charge in [-0.1, -0.05) is 0 Å². The van der Waals surface area contributed by atoms with E-state index in [1.807, 2.05) is 30.0 Å². The zero-order chi connectivity index (χ0) is 20.2. The van der Waals surface area contributed by atoms with Gasteiger partial charge in [-0.2, -0.15) is 0 Å². The standard InChI is InChI=1S/C22H21N5O2/c1-15-12-17(22(29)27-10-2-3-11-27)4-5-19(15)26-21(28)18-13-24-20(25-14-18)16-6-8-23-9-7-16/h4-9,12-14H,2-3,10-11H2,1H3,(H,26,28). The van der Waals surface area contributed by atoms with Crippen LogP contribution >= 0.6 is 0 Å². The molecule has 2 amide bonds. The van der Waals surface area contributed by atoms with Gasteiger partial charge in [0.1, 0.15) is 0 Å². The molecular weight excluding hydrogens is 366 g/mol. The molecule has 0 saturated carbocycles. The monoisotopic (exact) mass is 387 g/mol. The summed E-state index contributed by atoms with van der Waals surface area (Å²) in [5.41, 5.74) is 3.33. The zero-order valence-corrected chi connectivity index (χ0v) is 16.1. The molecule has 2 aromatic heterocycles. The first kappa shape index (κ1) is 18.7. The molecule has 1 saturated heterocycles. The molecule has 7 nitrogen and oxygen atoms in total. The number of pyridine rings is 1. The number of hydrogen-bond acceptors (Lipinski definition) is 5. The lowest BCUT2D eigenvalue weighted by Crippen LogP contribution is -2.27. The maximum absolute atomic E-state index is 12.6. The van der Waals surface area contributed by atoms with Crippen LogP contribution in [0.15, 0.2) is 55.1 Å². The van der Waals surface area contributed by atoms with Crippen LogP contribution in [0.4, 0.5) is 5.69 Å². The van der Waals surface area contributed by atoms with Crippen molar-refractivity contribution in [3.8, 4) is 11.4 Å². The van der Waals surface area contributed by atoms with Gasteiger partial charge in [0.05, 0.1) is 5.56 Å². The minimum Gasteiger partial charge on any atom is -0.339 e. The van der Waals surface area contributed by atoms with Crippen molar-refractivity contribution in [3.05, 3.63) is 71.8 Å². The van der Waals surface area contributed by atoms with E-state index in [0.29, 0.717) is 22.6 Å². The molecule has 0 spiro atoms. The quantitative estimate of drug-likeness (QED) is 0.742. The predicted molar refractivity (Wildman–Crippen MR) is 110 cm³/mol. The van der Waals surface area contributed by atoms with E-state index in [2.05, 4.69) is 20.3 Å². The SMILES string of the molecule is Cc1cc(C(=O)N2CCCC2)ccc1NC(=O)c1cnc(-c2ccncc2)nc1. The van der Waals surface area contributed by atoms with E-state index < -0.39 is 0 Å². The molecule has 0 unspecified atom stereocenters. The normalized spacial score (nSPS) is 13.3. The van der Waals surface area contributed by atoms with E-state index in [1.54, 1.807) is 24.5 Å². The Labute approximate surface area is 168 Å². The van der Waals surface area contributed by atoms with Crippen LogP contribution in [0.1, 0.15) is 39.1 Å². The fourth-order valence-electron chi connectivity index (χ4n) is 3.33. The number of aryl methyl sites for hydroxylation is 1. The van der Waals surface area contributed by atoms with Crippen LogP contribution in [0.2, 0.25) is 0 Å². The number of hydrogen-bond donors (Lipinski definition) is 1. The number of carbonyl (C=O) groups excluding carboxylic acids is 2. The summed E-state index contributed by atoms with van der Waals surface area (Å²) >= 11 is 0. The topological polar surface area (TPSA) is 88.1 Å². The zero-order valence-electron chi connectivity index (χ0n) is 16.1. The van der Waals surface area contributed by atoms with Gasteiger partial charge in [-0.3, -0.25) is 14.6 Å². The number of likely N-dealkylation sites (tertiary alicyclic amines) is 1. The Morgan fingerprint density at radius 1 is 0.966 bits per heavy atom. The Kier molecular flexibility index (Phi) is 5.29. The molecule has 1 aromatic carbocycles. The molecule has 4 rings (SSSR count). The highest BCUT2D eigenvalue weighted by atomic mass is 16.2. The smallest absolute Gasteiger partial charge is 0.258 e. The number of anilines is 1. The van der Waals surface area contributed by atoms with Crippen LogP contribution in [-0.2, 0) is 0 Å². The van der Waals surface area contributed by atoms with Crippen LogP contribution in [0.25, 0.3) is 11.4 Å². The first-order valence-corrected chi connectivity index (χ1v) is 9.55. The van der Waals surface area contributed by atoms with Crippen LogP contribution in [0.5, 0.6) is 0 Å². The van der Waals surface area contributed by atoms with Crippen molar-refractivity contribution < 1.29 is 9.59 Å². The summed E-state index contributed by atoms with van der Waals surface area (Å²) in [5, 5.41) is 2.87. The highest BCUT2D eigenvalue weighted by molar-refractivity contribution is 6.04. The second-order valence-electron chi connectivity index (χ2n) is 7.01. The fourth-order valence-corrected chi connectivity index (χ4v) is 3.33. The van der Waals surface area contributed by atoms with E-state index in [9.17, 15) is 9.59 Å². The number of nitrogens with zero attached hydrogens (tertiary/aromatic N) is 4. The molecule has 146 valence electrons. The third-order valence-electron chi connectivity index (χ3n) is 4.97. The Hall–Kier alpha value is -3.61. The molecule has 0 radical (unpaired) electrons. The first-order chi connectivity index (χ1) is 14.1. The first-order valence-electron chi connectivity index (χ1n) is 9.55. The van der Waals surface area contributed by atoms with Crippen molar-refractivity contribution in [2.75, 3.05) is 18.4 Å². The molecule has 0 aliphatic carbocycles. The van der Waals surface area contributed by atoms with Gasteiger partial charge in [0.15, 0.2) is 5.82 Å². The molecule has 3 aromatic rings. The number of benzene rings is 1. The molecule has 0 bridgehead atoms. The van der Waals surface area contributed by atoms with Gasteiger partial charge in [-0.25, -0.2) is 9.97 Å². The van der Waals surface area contributed by atoms with Crippen molar-refractivity contribution in [2.24, 2.45) is 0 Å². The third kappa shape index (κ3) is 4.13. The van der Waals surface area contributed by atoms with Crippen LogP contribution in [0, 0.1) is 6.92 Å². The Bertz CT molecular complexity index is 1030. The summed E-state index contributed by atoms with van der Waals surface area (Å²) in [4.78, 5) is 39.5.